The maximum absolute atomic E-state index is 12.7. The molecule has 1 unspecified atom stereocenters. The number of halogens is 1. The van der Waals surface area contributed by atoms with Gasteiger partial charge in [0.15, 0.2) is 5.78 Å². The van der Waals surface area contributed by atoms with Gasteiger partial charge in [-0.3, -0.25) is 9.69 Å². The lowest BCUT2D eigenvalue weighted by Gasteiger charge is -2.29. The third-order valence-electron chi connectivity index (χ3n) is 5.40. The van der Waals surface area contributed by atoms with Gasteiger partial charge in [0.05, 0.1) is 11.4 Å². The van der Waals surface area contributed by atoms with E-state index >= 15 is 0 Å². The number of carbonyl (C=O) groups excluding carboxylic acids is 1. The maximum Gasteiger partial charge on any atom is 0.242 e. The molecule has 0 spiro atoms. The van der Waals surface area contributed by atoms with Crippen molar-refractivity contribution in [2.75, 3.05) is 40.3 Å². The average Bonchev–Trinajstić information content (AvgIpc) is 3.26. The molecule has 30 heavy (non-hydrogen) atoms. The molecule has 2 aromatic rings. The highest BCUT2D eigenvalue weighted by molar-refractivity contribution is 7.89. The molecule has 1 aliphatic heterocycles. The topological polar surface area (TPSA) is 69.7 Å². The lowest BCUT2D eigenvalue weighted by molar-refractivity contribution is 0.0987. The number of benzene rings is 2. The number of hydrogen-bond acceptors (Lipinski definition) is 5. The average molecular weight is 450 g/mol. The second-order valence-electron chi connectivity index (χ2n) is 7.65. The van der Waals surface area contributed by atoms with Crippen LogP contribution in [0.5, 0.6) is 0 Å². The Balaban J connectivity index is 1.68. The lowest BCUT2D eigenvalue weighted by Crippen LogP contribution is -2.36. The summed E-state index contributed by atoms with van der Waals surface area (Å²) in [5.41, 5.74) is 1.43. The monoisotopic (exact) mass is 449 g/mol. The van der Waals surface area contributed by atoms with E-state index in [4.69, 9.17) is 11.6 Å². The fourth-order valence-corrected chi connectivity index (χ4v) is 4.91. The summed E-state index contributed by atoms with van der Waals surface area (Å²) in [6, 6.07) is 14.1. The highest BCUT2D eigenvalue weighted by atomic mass is 35.5. The number of sulfonamides is 1. The van der Waals surface area contributed by atoms with Crippen molar-refractivity contribution in [1.82, 2.24) is 14.5 Å². The van der Waals surface area contributed by atoms with Crippen LogP contribution in [0.2, 0.25) is 5.02 Å². The van der Waals surface area contributed by atoms with Gasteiger partial charge in [-0.05, 0) is 49.7 Å². The van der Waals surface area contributed by atoms with Crippen molar-refractivity contribution in [2.45, 2.75) is 23.8 Å². The molecule has 0 aromatic heterocycles. The van der Waals surface area contributed by atoms with Gasteiger partial charge in [-0.2, -0.15) is 0 Å². The van der Waals surface area contributed by atoms with Crippen molar-refractivity contribution in [3.63, 3.8) is 0 Å². The summed E-state index contributed by atoms with van der Waals surface area (Å²) in [6.07, 6.45) is 2.32. The van der Waals surface area contributed by atoms with E-state index in [0.717, 1.165) is 40.8 Å². The smallest absolute Gasteiger partial charge is 0.242 e. The van der Waals surface area contributed by atoms with Crippen molar-refractivity contribution in [3.8, 4) is 0 Å². The molecule has 0 bridgehead atoms. The van der Waals surface area contributed by atoms with E-state index in [0.29, 0.717) is 12.1 Å². The first-order valence-corrected chi connectivity index (χ1v) is 11.9. The second-order valence-corrected chi connectivity index (χ2v) is 10.2. The Bertz CT molecular complexity index is 989. The van der Waals surface area contributed by atoms with Gasteiger partial charge in [0.2, 0.25) is 10.0 Å². The SMILES string of the molecule is CN(C)S(=O)(=O)c1cccc(C(=O)CNCC(c2ccccc2Cl)N2CCCC2)c1. The molecule has 0 radical (unpaired) electrons. The van der Waals surface area contributed by atoms with E-state index in [1.54, 1.807) is 12.1 Å². The van der Waals surface area contributed by atoms with Gasteiger partial charge in [-0.1, -0.05) is 41.9 Å². The molecule has 1 saturated heterocycles. The van der Waals surface area contributed by atoms with Crippen LogP contribution in [0, 0.1) is 0 Å². The van der Waals surface area contributed by atoms with Gasteiger partial charge in [0, 0.05) is 37.3 Å². The number of likely N-dealkylation sites (tertiary alicyclic amines) is 1. The predicted octanol–water partition coefficient (Wildman–Crippen LogP) is 3.20. The quantitative estimate of drug-likeness (QED) is 0.595. The molecule has 0 saturated carbocycles. The Morgan fingerprint density at radius 2 is 1.83 bits per heavy atom. The van der Waals surface area contributed by atoms with Gasteiger partial charge < -0.3 is 5.32 Å². The molecule has 162 valence electrons. The molecular formula is C22H28ClN3O3S. The van der Waals surface area contributed by atoms with Crippen molar-refractivity contribution >= 4 is 27.4 Å². The first-order valence-electron chi connectivity index (χ1n) is 10.1. The number of ketones is 1. The summed E-state index contributed by atoms with van der Waals surface area (Å²) >= 11 is 6.44. The number of nitrogens with one attached hydrogen (secondary N) is 1. The summed E-state index contributed by atoms with van der Waals surface area (Å²) in [5, 5.41) is 3.98. The summed E-state index contributed by atoms with van der Waals surface area (Å²) in [4.78, 5) is 15.2. The van der Waals surface area contributed by atoms with E-state index in [2.05, 4.69) is 10.2 Å². The van der Waals surface area contributed by atoms with Gasteiger partial charge in [-0.25, -0.2) is 12.7 Å². The third kappa shape index (κ3) is 5.28. The zero-order valence-electron chi connectivity index (χ0n) is 17.3. The zero-order valence-corrected chi connectivity index (χ0v) is 18.9. The Labute approximate surface area is 183 Å². The van der Waals surface area contributed by atoms with Crippen molar-refractivity contribution in [2.24, 2.45) is 0 Å². The molecule has 2 aromatic carbocycles. The molecule has 0 aliphatic carbocycles. The number of rotatable bonds is 9. The maximum atomic E-state index is 12.7. The fraction of sp³-hybridized carbons (Fsp3) is 0.409. The summed E-state index contributed by atoms with van der Waals surface area (Å²) < 4.78 is 25.8. The Morgan fingerprint density at radius 1 is 1.13 bits per heavy atom. The molecule has 0 amide bonds. The molecule has 1 N–H and O–H groups in total. The molecule has 1 fully saturated rings. The molecule has 1 aliphatic rings. The fourth-order valence-electron chi connectivity index (χ4n) is 3.70. The number of hydrogen-bond donors (Lipinski definition) is 1. The van der Waals surface area contributed by atoms with Crippen LogP contribution in [-0.4, -0.2) is 63.7 Å². The largest absolute Gasteiger partial charge is 0.308 e. The van der Waals surface area contributed by atoms with Crippen LogP contribution in [0.3, 0.4) is 0 Å². The second kappa shape index (κ2) is 10.0. The summed E-state index contributed by atoms with van der Waals surface area (Å²) in [7, 11) is -0.638. The van der Waals surface area contributed by atoms with Crippen LogP contribution in [0.4, 0.5) is 0 Å². The van der Waals surface area contributed by atoms with Crippen LogP contribution < -0.4 is 5.32 Å². The van der Waals surface area contributed by atoms with Crippen LogP contribution >= 0.6 is 11.6 Å². The van der Waals surface area contributed by atoms with Gasteiger partial charge in [0.1, 0.15) is 0 Å². The predicted molar refractivity (Wildman–Crippen MR) is 120 cm³/mol. The summed E-state index contributed by atoms with van der Waals surface area (Å²) in [6.45, 7) is 2.73. The molecule has 6 nitrogen and oxygen atoms in total. The molecular weight excluding hydrogens is 422 g/mol. The zero-order chi connectivity index (χ0) is 21.7. The van der Waals surface area contributed by atoms with Crippen LogP contribution in [-0.2, 0) is 10.0 Å². The number of nitrogens with zero attached hydrogens (tertiary/aromatic N) is 2. The summed E-state index contributed by atoms with van der Waals surface area (Å²) in [5.74, 6) is -0.148. The van der Waals surface area contributed by atoms with Crippen molar-refractivity contribution in [3.05, 3.63) is 64.7 Å². The van der Waals surface area contributed by atoms with Crippen molar-refractivity contribution in [1.29, 1.82) is 0 Å². The van der Waals surface area contributed by atoms with Crippen molar-refractivity contribution < 1.29 is 13.2 Å². The van der Waals surface area contributed by atoms with Crippen LogP contribution in [0.25, 0.3) is 0 Å². The van der Waals surface area contributed by atoms with E-state index in [1.165, 1.54) is 26.2 Å². The highest BCUT2D eigenvalue weighted by Crippen LogP contribution is 2.29. The highest BCUT2D eigenvalue weighted by Gasteiger charge is 2.25. The Hall–Kier alpha value is -1.77. The molecule has 1 heterocycles. The minimum Gasteiger partial charge on any atom is -0.308 e. The first kappa shape index (κ1) is 22.9. The lowest BCUT2D eigenvalue weighted by atomic mass is 10.0. The van der Waals surface area contributed by atoms with Gasteiger partial charge >= 0.3 is 0 Å². The Morgan fingerprint density at radius 3 is 2.50 bits per heavy atom. The van der Waals surface area contributed by atoms with E-state index < -0.39 is 10.0 Å². The molecule has 1 atom stereocenters. The minimum absolute atomic E-state index is 0.0921. The third-order valence-corrected chi connectivity index (χ3v) is 7.56. The number of Topliss-reactive ketones (excluding diaryl/α,β-unsaturated/α-hetero) is 1. The standard InChI is InChI=1S/C22H28ClN3O3S/c1-25(2)30(28,29)18-9-7-8-17(14-18)22(27)16-24-15-21(26-12-5-6-13-26)19-10-3-4-11-20(19)23/h3-4,7-11,14,21,24H,5-6,12-13,15-16H2,1-2H3. The van der Waals surface area contributed by atoms with E-state index in [1.807, 2.05) is 24.3 Å². The molecule has 8 heteroatoms. The van der Waals surface area contributed by atoms with Crippen LogP contribution in [0.1, 0.15) is 34.8 Å². The van der Waals surface area contributed by atoms with Gasteiger partial charge in [-0.15, -0.1) is 0 Å². The minimum atomic E-state index is -3.58. The first-order chi connectivity index (χ1) is 14.3. The van der Waals surface area contributed by atoms with E-state index in [9.17, 15) is 13.2 Å². The van der Waals surface area contributed by atoms with Gasteiger partial charge in [0.25, 0.3) is 0 Å². The molecule has 3 rings (SSSR count). The van der Waals surface area contributed by atoms with E-state index in [-0.39, 0.29) is 23.3 Å². The van der Waals surface area contributed by atoms with Crippen LogP contribution in [0.15, 0.2) is 53.4 Å². The number of carbonyl (C=O) groups is 1. The normalized spacial score (nSPS) is 16.1. The Kier molecular flexibility index (Phi) is 7.65.